The van der Waals surface area contributed by atoms with Crippen LogP contribution in [0.25, 0.3) is 0 Å². The normalized spacial score (nSPS) is 11.5. The SMILES string of the molecule is CCN(CCS(=O)(=O)c1ccc(Cl)cc1)c1ccc(F)c(F)c1. The molecule has 3 nitrogen and oxygen atoms in total. The molecule has 0 N–H and O–H groups in total. The molecule has 0 amide bonds. The van der Waals surface area contributed by atoms with Crippen LogP contribution in [0, 0.1) is 11.6 Å². The van der Waals surface area contributed by atoms with Crippen LogP contribution < -0.4 is 4.90 Å². The Labute approximate surface area is 139 Å². The van der Waals surface area contributed by atoms with Gasteiger partial charge in [-0.15, -0.1) is 0 Å². The van der Waals surface area contributed by atoms with Crippen molar-refractivity contribution in [2.24, 2.45) is 0 Å². The zero-order valence-electron chi connectivity index (χ0n) is 12.5. The average molecular weight is 360 g/mol. The molecule has 7 heteroatoms. The molecule has 0 spiro atoms. The summed E-state index contributed by atoms with van der Waals surface area (Å²) in [6, 6.07) is 9.45. The standard InChI is InChI=1S/C16H16ClF2NO2S/c1-2-20(13-5-8-15(18)16(19)11-13)9-10-23(21,22)14-6-3-12(17)4-7-14/h3-8,11H,2,9-10H2,1H3. The van der Waals surface area contributed by atoms with Crippen LogP contribution in [0.4, 0.5) is 14.5 Å². The van der Waals surface area contributed by atoms with Gasteiger partial charge in [-0.1, -0.05) is 11.6 Å². The maximum Gasteiger partial charge on any atom is 0.180 e. The van der Waals surface area contributed by atoms with Gasteiger partial charge in [-0.3, -0.25) is 0 Å². The molecule has 2 rings (SSSR count). The summed E-state index contributed by atoms with van der Waals surface area (Å²) in [5.74, 6) is -2.03. The molecule has 23 heavy (non-hydrogen) atoms. The summed E-state index contributed by atoms with van der Waals surface area (Å²) in [5.41, 5.74) is 0.442. The van der Waals surface area contributed by atoms with E-state index in [9.17, 15) is 17.2 Å². The number of rotatable bonds is 6. The van der Waals surface area contributed by atoms with Crippen molar-refractivity contribution in [1.29, 1.82) is 0 Å². The molecule has 0 atom stereocenters. The third-order valence-corrected chi connectivity index (χ3v) is 5.42. The molecule has 124 valence electrons. The summed E-state index contributed by atoms with van der Waals surface area (Å²) < 4.78 is 50.9. The Morgan fingerprint density at radius 3 is 2.26 bits per heavy atom. The predicted octanol–water partition coefficient (Wildman–Crippen LogP) is 3.92. The molecule has 0 saturated heterocycles. The zero-order chi connectivity index (χ0) is 17.0. The number of sulfone groups is 1. The summed E-state index contributed by atoms with van der Waals surface area (Å²) in [7, 11) is -3.48. The van der Waals surface area contributed by atoms with Crippen LogP contribution in [-0.2, 0) is 9.84 Å². The fourth-order valence-corrected chi connectivity index (χ4v) is 3.51. The van der Waals surface area contributed by atoms with E-state index in [0.717, 1.165) is 12.1 Å². The summed E-state index contributed by atoms with van der Waals surface area (Å²) in [5, 5.41) is 0.459. The first kappa shape index (κ1) is 17.7. The summed E-state index contributed by atoms with van der Waals surface area (Å²) in [6.45, 7) is 2.46. The largest absolute Gasteiger partial charge is 0.371 e. The Kier molecular flexibility index (Phi) is 5.59. The highest BCUT2D eigenvalue weighted by atomic mass is 35.5. The molecule has 0 heterocycles. The minimum absolute atomic E-state index is 0.137. The van der Waals surface area contributed by atoms with Crippen molar-refractivity contribution in [2.75, 3.05) is 23.7 Å². The van der Waals surface area contributed by atoms with Crippen LogP contribution in [0.5, 0.6) is 0 Å². The molecule has 0 aliphatic carbocycles. The van der Waals surface area contributed by atoms with Crippen molar-refractivity contribution in [1.82, 2.24) is 0 Å². The van der Waals surface area contributed by atoms with Gasteiger partial charge in [0.25, 0.3) is 0 Å². The van der Waals surface area contributed by atoms with E-state index in [4.69, 9.17) is 11.6 Å². The van der Waals surface area contributed by atoms with E-state index in [1.807, 2.05) is 6.92 Å². The van der Waals surface area contributed by atoms with Crippen LogP contribution in [-0.4, -0.2) is 27.3 Å². The Hall–Kier alpha value is -1.66. The first-order valence-corrected chi connectivity index (χ1v) is 9.05. The third kappa shape index (κ3) is 4.42. The Balaban J connectivity index is 2.13. The topological polar surface area (TPSA) is 37.4 Å². The Morgan fingerprint density at radius 1 is 1.04 bits per heavy atom. The number of nitrogens with zero attached hydrogens (tertiary/aromatic N) is 1. The second-order valence-electron chi connectivity index (χ2n) is 4.95. The van der Waals surface area contributed by atoms with Crippen molar-refractivity contribution < 1.29 is 17.2 Å². The fourth-order valence-electron chi connectivity index (χ4n) is 2.14. The van der Waals surface area contributed by atoms with E-state index in [-0.39, 0.29) is 17.2 Å². The van der Waals surface area contributed by atoms with Gasteiger partial charge in [0.1, 0.15) is 0 Å². The first-order valence-electron chi connectivity index (χ1n) is 7.02. The molecule has 2 aromatic carbocycles. The van der Waals surface area contributed by atoms with Crippen LogP contribution >= 0.6 is 11.6 Å². The van der Waals surface area contributed by atoms with E-state index < -0.39 is 21.5 Å². The minimum atomic E-state index is -3.48. The maximum atomic E-state index is 13.3. The van der Waals surface area contributed by atoms with E-state index in [1.54, 1.807) is 4.90 Å². The molecule has 0 aliphatic heterocycles. The van der Waals surface area contributed by atoms with E-state index in [0.29, 0.717) is 17.3 Å². The number of hydrogen-bond donors (Lipinski definition) is 0. The van der Waals surface area contributed by atoms with Crippen LogP contribution in [0.3, 0.4) is 0 Å². The average Bonchev–Trinajstić information content (AvgIpc) is 2.51. The molecule has 0 saturated carbocycles. The number of hydrogen-bond acceptors (Lipinski definition) is 3. The number of halogens is 3. The minimum Gasteiger partial charge on any atom is -0.371 e. The Morgan fingerprint density at radius 2 is 1.70 bits per heavy atom. The molecular weight excluding hydrogens is 344 g/mol. The van der Waals surface area contributed by atoms with Crippen LogP contribution in [0.1, 0.15) is 6.92 Å². The van der Waals surface area contributed by atoms with Gasteiger partial charge in [-0.2, -0.15) is 0 Å². The van der Waals surface area contributed by atoms with E-state index >= 15 is 0 Å². The Bertz CT molecular complexity index is 779. The lowest BCUT2D eigenvalue weighted by molar-refractivity contribution is 0.508. The highest BCUT2D eigenvalue weighted by Gasteiger charge is 2.17. The van der Waals surface area contributed by atoms with Gasteiger partial charge in [0.2, 0.25) is 0 Å². The molecule has 0 unspecified atom stereocenters. The van der Waals surface area contributed by atoms with Gasteiger partial charge in [-0.05, 0) is 43.3 Å². The van der Waals surface area contributed by atoms with Crippen molar-refractivity contribution in [3.8, 4) is 0 Å². The summed E-state index contributed by atoms with van der Waals surface area (Å²) in [6.07, 6.45) is 0. The van der Waals surface area contributed by atoms with Gasteiger partial charge in [0, 0.05) is 29.9 Å². The smallest absolute Gasteiger partial charge is 0.180 e. The first-order chi connectivity index (χ1) is 10.8. The summed E-state index contributed by atoms with van der Waals surface area (Å²) >= 11 is 5.75. The molecule has 0 fully saturated rings. The lowest BCUT2D eigenvalue weighted by atomic mass is 10.2. The van der Waals surface area contributed by atoms with Crippen molar-refractivity contribution in [3.63, 3.8) is 0 Å². The van der Waals surface area contributed by atoms with Gasteiger partial charge >= 0.3 is 0 Å². The van der Waals surface area contributed by atoms with E-state index in [2.05, 4.69) is 0 Å². The van der Waals surface area contributed by atoms with Gasteiger partial charge in [0.15, 0.2) is 21.5 Å². The molecule has 0 radical (unpaired) electrons. The second-order valence-corrected chi connectivity index (χ2v) is 7.50. The zero-order valence-corrected chi connectivity index (χ0v) is 14.0. The molecule has 0 aliphatic rings. The quantitative estimate of drug-likeness (QED) is 0.784. The lowest BCUT2D eigenvalue weighted by Crippen LogP contribution is -2.29. The van der Waals surface area contributed by atoms with Gasteiger partial charge < -0.3 is 4.90 Å². The second kappa shape index (κ2) is 7.27. The monoisotopic (exact) mass is 359 g/mol. The number of benzene rings is 2. The number of anilines is 1. The highest BCUT2D eigenvalue weighted by molar-refractivity contribution is 7.91. The maximum absolute atomic E-state index is 13.3. The van der Waals surface area contributed by atoms with Crippen molar-refractivity contribution in [3.05, 3.63) is 59.1 Å². The third-order valence-electron chi connectivity index (χ3n) is 3.45. The van der Waals surface area contributed by atoms with Crippen LogP contribution in [0.2, 0.25) is 5.02 Å². The van der Waals surface area contributed by atoms with E-state index in [1.165, 1.54) is 30.3 Å². The lowest BCUT2D eigenvalue weighted by Gasteiger charge is -2.23. The highest BCUT2D eigenvalue weighted by Crippen LogP contribution is 2.19. The molecule has 2 aromatic rings. The molecule has 0 aromatic heterocycles. The van der Waals surface area contributed by atoms with Crippen molar-refractivity contribution >= 4 is 27.1 Å². The molecular formula is C16H16ClF2NO2S. The van der Waals surface area contributed by atoms with Gasteiger partial charge in [0.05, 0.1) is 10.6 Å². The van der Waals surface area contributed by atoms with Crippen molar-refractivity contribution in [2.45, 2.75) is 11.8 Å². The summed E-state index contributed by atoms with van der Waals surface area (Å²) in [4.78, 5) is 1.86. The molecule has 0 bridgehead atoms. The van der Waals surface area contributed by atoms with Crippen LogP contribution in [0.15, 0.2) is 47.4 Å². The van der Waals surface area contributed by atoms with Gasteiger partial charge in [-0.25, -0.2) is 17.2 Å². The fraction of sp³-hybridized carbons (Fsp3) is 0.250. The predicted molar refractivity (Wildman–Crippen MR) is 87.7 cm³/mol.